The van der Waals surface area contributed by atoms with Crippen LogP contribution in [0.25, 0.3) is 22.0 Å². The Hall–Kier alpha value is -2.80. The fourth-order valence-corrected chi connectivity index (χ4v) is 5.60. The molecule has 0 spiro atoms. The highest BCUT2D eigenvalue weighted by atomic mass is 32.2. The summed E-state index contributed by atoms with van der Waals surface area (Å²) in [6.07, 6.45) is 3.10. The van der Waals surface area contributed by atoms with Crippen molar-refractivity contribution in [2.24, 2.45) is 5.73 Å². The summed E-state index contributed by atoms with van der Waals surface area (Å²) < 4.78 is 23.6. The number of benzene rings is 2. The van der Waals surface area contributed by atoms with Crippen molar-refractivity contribution >= 4 is 32.3 Å². The maximum absolute atomic E-state index is 12.1. The quantitative estimate of drug-likeness (QED) is 0.688. The smallest absolute Gasteiger partial charge is 0.250 e. The van der Waals surface area contributed by atoms with E-state index in [4.69, 9.17) is 5.73 Å². The fraction of sp³-hybridized carbons (Fsp3) is 0.318. The van der Waals surface area contributed by atoms with Crippen LogP contribution in [0.5, 0.6) is 0 Å². The maximum atomic E-state index is 12.1. The monoisotopic (exact) mass is 411 g/mol. The van der Waals surface area contributed by atoms with E-state index < -0.39 is 15.7 Å². The van der Waals surface area contributed by atoms with Crippen molar-refractivity contribution in [3.63, 3.8) is 0 Å². The number of hydrogen-bond donors (Lipinski definition) is 2. The zero-order chi connectivity index (χ0) is 20.8. The van der Waals surface area contributed by atoms with Crippen molar-refractivity contribution in [3.05, 3.63) is 53.7 Å². The number of amides is 1. The molecule has 1 aromatic heterocycles. The van der Waals surface area contributed by atoms with Gasteiger partial charge in [-0.2, -0.15) is 0 Å². The Labute approximate surface area is 170 Å². The van der Waals surface area contributed by atoms with Crippen LogP contribution in [0.3, 0.4) is 0 Å². The van der Waals surface area contributed by atoms with Gasteiger partial charge in [-0.1, -0.05) is 12.1 Å². The standard InChI is InChI=1S/C22H25N3O3S/c1-25(2)17-5-3-14(4-6-17)16-11-18-20(15-7-9-29(27,28)10-8-15)13-24-21(18)19(12-16)22(23)26/h3-6,11-13,15,24H,7-10H2,1-2H3,(H2,23,26). The summed E-state index contributed by atoms with van der Waals surface area (Å²) >= 11 is 0. The van der Waals surface area contributed by atoms with Gasteiger partial charge in [0.05, 0.1) is 22.6 Å². The molecule has 152 valence electrons. The Morgan fingerprint density at radius 2 is 1.72 bits per heavy atom. The molecule has 4 rings (SSSR count). The van der Waals surface area contributed by atoms with E-state index in [-0.39, 0.29) is 17.4 Å². The Balaban J connectivity index is 1.81. The van der Waals surface area contributed by atoms with Crippen LogP contribution in [0, 0.1) is 0 Å². The van der Waals surface area contributed by atoms with Crippen LogP contribution in [-0.2, 0) is 9.84 Å². The Kier molecular flexibility index (Phi) is 4.86. The van der Waals surface area contributed by atoms with Crippen molar-refractivity contribution in [3.8, 4) is 11.1 Å². The van der Waals surface area contributed by atoms with E-state index >= 15 is 0 Å². The number of rotatable bonds is 4. The Morgan fingerprint density at radius 3 is 2.31 bits per heavy atom. The molecule has 29 heavy (non-hydrogen) atoms. The highest BCUT2D eigenvalue weighted by Crippen LogP contribution is 2.37. The number of carbonyl (C=O) groups excluding carboxylic acids is 1. The number of carbonyl (C=O) groups is 1. The number of fused-ring (bicyclic) bond motifs is 1. The van der Waals surface area contributed by atoms with E-state index in [1.807, 2.05) is 55.5 Å². The lowest BCUT2D eigenvalue weighted by Crippen LogP contribution is -2.22. The highest BCUT2D eigenvalue weighted by Gasteiger charge is 2.27. The van der Waals surface area contributed by atoms with Crippen LogP contribution in [0.15, 0.2) is 42.6 Å². The third kappa shape index (κ3) is 3.74. The number of nitrogens with two attached hydrogens (primary N) is 1. The van der Waals surface area contributed by atoms with E-state index in [1.54, 1.807) is 0 Å². The largest absolute Gasteiger partial charge is 0.378 e. The molecule has 2 aromatic carbocycles. The zero-order valence-electron chi connectivity index (χ0n) is 16.6. The first-order valence-electron chi connectivity index (χ1n) is 9.68. The van der Waals surface area contributed by atoms with E-state index in [0.717, 1.165) is 33.3 Å². The number of aromatic amines is 1. The number of aromatic nitrogens is 1. The fourth-order valence-electron chi connectivity index (χ4n) is 4.10. The lowest BCUT2D eigenvalue weighted by molar-refractivity contribution is 0.100. The van der Waals surface area contributed by atoms with Crippen LogP contribution in [0.2, 0.25) is 0 Å². The highest BCUT2D eigenvalue weighted by molar-refractivity contribution is 7.91. The van der Waals surface area contributed by atoms with E-state index in [0.29, 0.717) is 18.4 Å². The summed E-state index contributed by atoms with van der Waals surface area (Å²) in [7, 11) is 1.05. The lowest BCUT2D eigenvalue weighted by Gasteiger charge is -2.21. The van der Waals surface area contributed by atoms with Gasteiger partial charge in [0.15, 0.2) is 0 Å². The second-order valence-corrected chi connectivity index (χ2v) is 10.2. The number of anilines is 1. The molecule has 6 nitrogen and oxygen atoms in total. The predicted molar refractivity (Wildman–Crippen MR) is 117 cm³/mol. The van der Waals surface area contributed by atoms with Crippen molar-refractivity contribution < 1.29 is 13.2 Å². The second kappa shape index (κ2) is 7.22. The Bertz CT molecular complexity index is 1160. The number of primary amides is 1. The first-order chi connectivity index (χ1) is 13.7. The van der Waals surface area contributed by atoms with Crippen LogP contribution in [-0.4, -0.2) is 44.9 Å². The number of H-pyrrole nitrogens is 1. The molecular weight excluding hydrogens is 386 g/mol. The molecule has 0 aliphatic carbocycles. The normalized spacial score (nSPS) is 16.8. The van der Waals surface area contributed by atoms with Crippen LogP contribution in [0.4, 0.5) is 5.69 Å². The number of nitrogens with one attached hydrogen (secondary N) is 1. The van der Waals surface area contributed by atoms with E-state index in [1.165, 1.54) is 0 Å². The summed E-state index contributed by atoms with van der Waals surface area (Å²) in [6.45, 7) is 0. The third-order valence-electron chi connectivity index (χ3n) is 5.80. The van der Waals surface area contributed by atoms with Gasteiger partial charge >= 0.3 is 0 Å². The molecule has 3 aromatic rings. The SMILES string of the molecule is CN(C)c1ccc(-c2cc(C(N)=O)c3[nH]cc(C4CCS(=O)(=O)CC4)c3c2)cc1. The minimum absolute atomic E-state index is 0.152. The topological polar surface area (TPSA) is 96.3 Å². The molecule has 7 heteroatoms. The molecule has 0 atom stereocenters. The molecule has 2 heterocycles. The molecule has 1 amide bonds. The summed E-state index contributed by atoms with van der Waals surface area (Å²) in [6, 6.07) is 12.0. The van der Waals surface area contributed by atoms with Gasteiger partial charge in [-0.3, -0.25) is 4.79 Å². The second-order valence-electron chi connectivity index (χ2n) is 7.92. The molecule has 0 unspecified atom stereocenters. The summed E-state index contributed by atoms with van der Waals surface area (Å²) in [4.78, 5) is 17.4. The number of nitrogens with zero attached hydrogens (tertiary/aromatic N) is 1. The molecule has 0 bridgehead atoms. The van der Waals surface area contributed by atoms with Crippen molar-refractivity contribution in [2.45, 2.75) is 18.8 Å². The van der Waals surface area contributed by atoms with Crippen molar-refractivity contribution in [1.82, 2.24) is 4.98 Å². The van der Waals surface area contributed by atoms with Crippen molar-refractivity contribution in [2.75, 3.05) is 30.5 Å². The van der Waals surface area contributed by atoms with Crippen LogP contribution < -0.4 is 10.6 Å². The number of sulfone groups is 1. The minimum atomic E-state index is -2.93. The summed E-state index contributed by atoms with van der Waals surface area (Å²) in [5.41, 5.74) is 10.9. The molecule has 0 radical (unpaired) electrons. The average molecular weight is 412 g/mol. The zero-order valence-corrected chi connectivity index (χ0v) is 17.4. The average Bonchev–Trinajstić information content (AvgIpc) is 3.11. The molecule has 1 saturated heterocycles. The van der Waals surface area contributed by atoms with E-state index in [2.05, 4.69) is 11.1 Å². The number of hydrogen-bond acceptors (Lipinski definition) is 4. The first kappa shape index (κ1) is 19.5. The minimum Gasteiger partial charge on any atom is -0.378 e. The van der Waals surface area contributed by atoms with E-state index in [9.17, 15) is 13.2 Å². The van der Waals surface area contributed by atoms with Gasteiger partial charge in [0.2, 0.25) is 0 Å². The van der Waals surface area contributed by atoms with Gasteiger partial charge in [-0.25, -0.2) is 8.42 Å². The van der Waals surface area contributed by atoms with Gasteiger partial charge < -0.3 is 15.6 Å². The van der Waals surface area contributed by atoms with Gasteiger partial charge in [0, 0.05) is 31.4 Å². The van der Waals surface area contributed by atoms with Crippen LogP contribution >= 0.6 is 0 Å². The van der Waals surface area contributed by atoms with Crippen molar-refractivity contribution in [1.29, 1.82) is 0 Å². The van der Waals surface area contributed by atoms with Crippen LogP contribution in [0.1, 0.15) is 34.7 Å². The molecule has 1 aliphatic heterocycles. The molecule has 1 fully saturated rings. The summed E-state index contributed by atoms with van der Waals surface area (Å²) in [5.74, 6) is 0.0815. The van der Waals surface area contributed by atoms with Gasteiger partial charge in [-0.05, 0) is 59.7 Å². The summed E-state index contributed by atoms with van der Waals surface area (Å²) in [5, 5.41) is 0.942. The molecular formula is C22H25N3O3S. The van der Waals surface area contributed by atoms with Gasteiger partial charge in [0.25, 0.3) is 5.91 Å². The van der Waals surface area contributed by atoms with Gasteiger partial charge in [0.1, 0.15) is 9.84 Å². The molecule has 0 saturated carbocycles. The maximum Gasteiger partial charge on any atom is 0.250 e. The lowest BCUT2D eigenvalue weighted by atomic mass is 9.91. The predicted octanol–water partition coefficient (Wildman–Crippen LogP) is 3.29. The Morgan fingerprint density at radius 1 is 1.07 bits per heavy atom. The molecule has 1 aliphatic rings. The first-order valence-corrected chi connectivity index (χ1v) is 11.5. The molecule has 3 N–H and O–H groups in total. The van der Waals surface area contributed by atoms with Gasteiger partial charge in [-0.15, -0.1) is 0 Å². The third-order valence-corrected chi connectivity index (χ3v) is 7.51.